The Labute approximate surface area is 150 Å². The summed E-state index contributed by atoms with van der Waals surface area (Å²) in [7, 11) is 0. The van der Waals surface area contributed by atoms with Gasteiger partial charge in [-0.15, -0.1) is 0 Å². The molecule has 2 aromatic carbocycles. The normalized spacial score (nSPS) is 10.2. The number of hydrogen-bond acceptors (Lipinski definition) is 3. The van der Waals surface area contributed by atoms with Crippen LogP contribution in [0.3, 0.4) is 0 Å². The van der Waals surface area contributed by atoms with Crippen molar-refractivity contribution in [2.75, 3.05) is 5.32 Å². The summed E-state index contributed by atoms with van der Waals surface area (Å²) in [5.74, 6) is -0.575. The fraction of sp³-hybridized carbons (Fsp3) is 0.263. The number of hydrogen-bond donors (Lipinski definition) is 1. The minimum absolute atomic E-state index is 0.0649. The van der Waals surface area contributed by atoms with Gasteiger partial charge in [0.1, 0.15) is 6.61 Å². The molecule has 0 fully saturated rings. The topological polar surface area (TPSA) is 55.4 Å². The molecular formula is C19H20BrNO3. The molecule has 0 aliphatic carbocycles. The maximum absolute atomic E-state index is 11.9. The van der Waals surface area contributed by atoms with Gasteiger partial charge in [-0.25, -0.2) is 0 Å². The molecule has 0 atom stereocenters. The summed E-state index contributed by atoms with van der Waals surface area (Å²) in [6.45, 7) is 2.29. The number of esters is 1. The average Bonchev–Trinajstić information content (AvgIpc) is 2.60. The Hall–Kier alpha value is -2.14. The van der Waals surface area contributed by atoms with Crippen LogP contribution in [0, 0.1) is 0 Å². The lowest BCUT2D eigenvalue weighted by atomic mass is 10.1. The maximum Gasteiger partial charge on any atom is 0.306 e. The zero-order chi connectivity index (χ0) is 17.4. The molecule has 0 aliphatic heterocycles. The number of carbonyl (C=O) groups is 2. The summed E-state index contributed by atoms with van der Waals surface area (Å²) in [4.78, 5) is 23.6. The third kappa shape index (κ3) is 6.16. The molecule has 126 valence electrons. The Morgan fingerprint density at radius 3 is 2.21 bits per heavy atom. The van der Waals surface area contributed by atoms with Crippen LogP contribution < -0.4 is 5.32 Å². The van der Waals surface area contributed by atoms with Crippen molar-refractivity contribution in [2.24, 2.45) is 0 Å². The quantitative estimate of drug-likeness (QED) is 0.710. The first kappa shape index (κ1) is 18.2. The van der Waals surface area contributed by atoms with Gasteiger partial charge in [0.25, 0.3) is 0 Å². The van der Waals surface area contributed by atoms with Gasteiger partial charge in [-0.2, -0.15) is 0 Å². The molecule has 0 saturated heterocycles. The molecule has 0 bridgehead atoms. The Bertz CT molecular complexity index is 681. The van der Waals surface area contributed by atoms with Crippen LogP contribution in [0.15, 0.2) is 53.0 Å². The summed E-state index contributed by atoms with van der Waals surface area (Å²) in [6, 6.07) is 15.2. The smallest absolute Gasteiger partial charge is 0.306 e. The van der Waals surface area contributed by atoms with E-state index in [1.807, 2.05) is 48.5 Å². The minimum Gasteiger partial charge on any atom is -0.461 e. The first-order valence-electron chi connectivity index (χ1n) is 7.85. The monoisotopic (exact) mass is 389 g/mol. The SMILES string of the molecule is CCc1ccc(NC(=O)CCC(=O)OCc2ccc(Br)cc2)cc1. The molecule has 4 nitrogen and oxygen atoms in total. The lowest BCUT2D eigenvalue weighted by Gasteiger charge is -2.07. The van der Waals surface area contributed by atoms with E-state index >= 15 is 0 Å². The third-order valence-electron chi connectivity index (χ3n) is 3.52. The lowest BCUT2D eigenvalue weighted by molar-refractivity contribution is -0.145. The number of aryl methyl sites for hydroxylation is 1. The van der Waals surface area contributed by atoms with Crippen molar-refractivity contribution in [3.05, 3.63) is 64.1 Å². The molecule has 2 rings (SSSR count). The van der Waals surface area contributed by atoms with Crippen molar-refractivity contribution in [1.29, 1.82) is 0 Å². The molecule has 0 unspecified atom stereocenters. The standard InChI is InChI=1S/C19H20BrNO3/c1-2-14-5-9-17(10-6-14)21-18(22)11-12-19(23)24-13-15-3-7-16(20)8-4-15/h3-10H,2,11-13H2,1H3,(H,21,22). The first-order chi connectivity index (χ1) is 11.6. The highest BCUT2D eigenvalue weighted by molar-refractivity contribution is 9.10. The van der Waals surface area contributed by atoms with Crippen molar-refractivity contribution in [3.8, 4) is 0 Å². The summed E-state index contributed by atoms with van der Waals surface area (Å²) < 4.78 is 6.14. The van der Waals surface area contributed by atoms with E-state index < -0.39 is 0 Å². The number of anilines is 1. The Morgan fingerprint density at radius 1 is 0.958 bits per heavy atom. The number of halogens is 1. The highest BCUT2D eigenvalue weighted by Crippen LogP contribution is 2.12. The third-order valence-corrected chi connectivity index (χ3v) is 4.04. The van der Waals surface area contributed by atoms with Crippen molar-refractivity contribution in [3.63, 3.8) is 0 Å². The van der Waals surface area contributed by atoms with Crippen molar-refractivity contribution >= 4 is 33.5 Å². The molecule has 2 aromatic rings. The van der Waals surface area contributed by atoms with E-state index in [0.717, 1.165) is 22.1 Å². The van der Waals surface area contributed by atoms with Crippen LogP contribution in [-0.2, 0) is 27.4 Å². The van der Waals surface area contributed by atoms with Gasteiger partial charge < -0.3 is 10.1 Å². The van der Waals surface area contributed by atoms with Crippen molar-refractivity contribution in [1.82, 2.24) is 0 Å². The van der Waals surface area contributed by atoms with E-state index in [0.29, 0.717) is 0 Å². The second-order valence-electron chi connectivity index (χ2n) is 5.39. The number of nitrogens with one attached hydrogen (secondary N) is 1. The highest BCUT2D eigenvalue weighted by Gasteiger charge is 2.09. The zero-order valence-electron chi connectivity index (χ0n) is 13.5. The van der Waals surface area contributed by atoms with Gasteiger partial charge in [0, 0.05) is 16.6 Å². The second kappa shape index (κ2) is 9.23. The summed E-state index contributed by atoms with van der Waals surface area (Å²) in [5.41, 5.74) is 2.86. The molecule has 0 saturated carbocycles. The van der Waals surface area contributed by atoms with Crippen molar-refractivity contribution < 1.29 is 14.3 Å². The molecule has 1 amide bonds. The Balaban J connectivity index is 1.70. The highest BCUT2D eigenvalue weighted by atomic mass is 79.9. The van der Waals surface area contributed by atoms with Crippen LogP contribution in [0.5, 0.6) is 0 Å². The number of rotatable bonds is 7. The average molecular weight is 390 g/mol. The van der Waals surface area contributed by atoms with E-state index in [4.69, 9.17) is 4.74 Å². The fourth-order valence-electron chi connectivity index (χ4n) is 2.08. The van der Waals surface area contributed by atoms with Gasteiger partial charge in [-0.05, 0) is 41.8 Å². The second-order valence-corrected chi connectivity index (χ2v) is 6.30. The summed E-state index contributed by atoms with van der Waals surface area (Å²) in [5, 5.41) is 2.78. The zero-order valence-corrected chi connectivity index (χ0v) is 15.1. The molecule has 0 spiro atoms. The number of benzene rings is 2. The van der Waals surface area contributed by atoms with Crippen LogP contribution in [0.4, 0.5) is 5.69 Å². The first-order valence-corrected chi connectivity index (χ1v) is 8.65. The van der Waals surface area contributed by atoms with E-state index in [2.05, 4.69) is 28.2 Å². The molecule has 0 aromatic heterocycles. The van der Waals surface area contributed by atoms with E-state index in [-0.39, 0.29) is 31.3 Å². The summed E-state index contributed by atoms with van der Waals surface area (Å²) in [6.07, 6.45) is 1.13. The van der Waals surface area contributed by atoms with Crippen LogP contribution in [0.2, 0.25) is 0 Å². The molecule has 24 heavy (non-hydrogen) atoms. The van der Waals surface area contributed by atoms with Gasteiger partial charge in [0.15, 0.2) is 0 Å². The molecule has 0 heterocycles. The number of carbonyl (C=O) groups excluding carboxylic acids is 2. The van der Waals surface area contributed by atoms with Crippen LogP contribution in [-0.4, -0.2) is 11.9 Å². The molecular weight excluding hydrogens is 370 g/mol. The predicted octanol–water partition coefficient (Wildman–Crippen LogP) is 4.47. The molecule has 5 heteroatoms. The largest absolute Gasteiger partial charge is 0.461 e. The molecule has 0 aliphatic rings. The van der Waals surface area contributed by atoms with Gasteiger partial charge in [0.2, 0.25) is 5.91 Å². The van der Waals surface area contributed by atoms with Gasteiger partial charge >= 0.3 is 5.97 Å². The molecule has 1 N–H and O–H groups in total. The Morgan fingerprint density at radius 2 is 1.58 bits per heavy atom. The Kier molecular flexibility index (Phi) is 7.00. The minimum atomic E-state index is -0.380. The molecule has 0 radical (unpaired) electrons. The fourth-order valence-corrected chi connectivity index (χ4v) is 2.34. The van der Waals surface area contributed by atoms with E-state index in [1.54, 1.807) is 0 Å². The van der Waals surface area contributed by atoms with Crippen LogP contribution >= 0.6 is 15.9 Å². The predicted molar refractivity (Wildman–Crippen MR) is 97.6 cm³/mol. The number of ether oxygens (including phenoxy) is 1. The van der Waals surface area contributed by atoms with Crippen molar-refractivity contribution in [2.45, 2.75) is 32.8 Å². The van der Waals surface area contributed by atoms with Gasteiger partial charge in [-0.3, -0.25) is 9.59 Å². The summed E-state index contributed by atoms with van der Waals surface area (Å²) >= 11 is 3.35. The van der Waals surface area contributed by atoms with Crippen LogP contribution in [0.25, 0.3) is 0 Å². The van der Waals surface area contributed by atoms with Crippen LogP contribution in [0.1, 0.15) is 30.9 Å². The lowest BCUT2D eigenvalue weighted by Crippen LogP contribution is -2.14. The number of amides is 1. The van der Waals surface area contributed by atoms with Gasteiger partial charge in [0.05, 0.1) is 6.42 Å². The van der Waals surface area contributed by atoms with E-state index in [9.17, 15) is 9.59 Å². The maximum atomic E-state index is 11.9. The van der Waals surface area contributed by atoms with E-state index in [1.165, 1.54) is 5.56 Å². The van der Waals surface area contributed by atoms with Gasteiger partial charge in [-0.1, -0.05) is 47.1 Å².